The minimum atomic E-state index is 0.121. The van der Waals surface area contributed by atoms with E-state index in [-0.39, 0.29) is 5.91 Å². The van der Waals surface area contributed by atoms with Crippen molar-refractivity contribution < 1.29 is 4.79 Å². The molecule has 3 aliphatic rings. The standard InChI is InChI=1S/C20H28N2O/c21-18-11-15-6-3-7-16(12-18)19(15)22-20(23)17-9-8-13-4-1-2-5-14(13)10-17/h8-10,15-16,18-19H,1-7,11-12,21H2,(H,22,23). The van der Waals surface area contributed by atoms with Crippen LogP contribution in [0, 0.1) is 11.8 Å². The Morgan fingerprint density at radius 2 is 1.70 bits per heavy atom. The van der Waals surface area contributed by atoms with Crippen LogP contribution in [0.3, 0.4) is 0 Å². The van der Waals surface area contributed by atoms with E-state index in [0.717, 1.165) is 24.8 Å². The van der Waals surface area contributed by atoms with Gasteiger partial charge in [-0.3, -0.25) is 4.79 Å². The second-order valence-electron chi connectivity index (χ2n) is 7.87. The summed E-state index contributed by atoms with van der Waals surface area (Å²) >= 11 is 0. The lowest BCUT2D eigenvalue weighted by molar-refractivity contribution is 0.0756. The number of benzene rings is 1. The van der Waals surface area contributed by atoms with E-state index in [1.165, 1.54) is 49.7 Å². The quantitative estimate of drug-likeness (QED) is 0.881. The van der Waals surface area contributed by atoms with Gasteiger partial charge in [0.1, 0.15) is 0 Å². The van der Waals surface area contributed by atoms with Gasteiger partial charge in [0.2, 0.25) is 0 Å². The summed E-state index contributed by atoms with van der Waals surface area (Å²) in [6, 6.07) is 6.99. The lowest BCUT2D eigenvalue weighted by Gasteiger charge is -2.45. The van der Waals surface area contributed by atoms with Gasteiger partial charge < -0.3 is 11.1 Å². The zero-order valence-corrected chi connectivity index (χ0v) is 13.9. The number of rotatable bonds is 2. The molecule has 2 saturated carbocycles. The molecule has 3 N–H and O–H groups in total. The fourth-order valence-electron chi connectivity index (χ4n) is 5.13. The molecule has 0 aromatic heterocycles. The van der Waals surface area contributed by atoms with Crippen molar-refractivity contribution in [3.8, 4) is 0 Å². The Hall–Kier alpha value is -1.35. The van der Waals surface area contributed by atoms with Crippen LogP contribution >= 0.6 is 0 Å². The number of amides is 1. The van der Waals surface area contributed by atoms with Crippen molar-refractivity contribution in [1.29, 1.82) is 0 Å². The zero-order valence-electron chi connectivity index (χ0n) is 13.9. The van der Waals surface area contributed by atoms with Gasteiger partial charge in [0, 0.05) is 17.6 Å². The number of nitrogens with one attached hydrogen (secondary N) is 1. The maximum atomic E-state index is 12.8. The van der Waals surface area contributed by atoms with E-state index < -0.39 is 0 Å². The van der Waals surface area contributed by atoms with Crippen molar-refractivity contribution in [2.24, 2.45) is 17.6 Å². The molecule has 0 heterocycles. The van der Waals surface area contributed by atoms with Crippen LogP contribution in [0.4, 0.5) is 0 Å². The predicted molar refractivity (Wildman–Crippen MR) is 92.4 cm³/mol. The summed E-state index contributed by atoms with van der Waals surface area (Å²) in [6.07, 6.45) is 10.7. The minimum absolute atomic E-state index is 0.121. The minimum Gasteiger partial charge on any atom is -0.349 e. The predicted octanol–water partition coefficient (Wildman–Crippen LogP) is 3.20. The Labute approximate surface area is 139 Å². The van der Waals surface area contributed by atoms with Crippen LogP contribution in [0.5, 0.6) is 0 Å². The Bertz CT molecular complexity index is 583. The molecular formula is C20H28N2O. The Morgan fingerprint density at radius 3 is 2.43 bits per heavy atom. The highest BCUT2D eigenvalue weighted by Gasteiger charge is 2.39. The van der Waals surface area contributed by atoms with E-state index >= 15 is 0 Å². The molecule has 3 heteroatoms. The molecule has 0 aliphatic heterocycles. The van der Waals surface area contributed by atoms with Gasteiger partial charge in [-0.1, -0.05) is 12.5 Å². The van der Waals surface area contributed by atoms with E-state index in [1.807, 2.05) is 6.07 Å². The first-order valence-electron chi connectivity index (χ1n) is 9.39. The first kappa shape index (κ1) is 15.2. The second kappa shape index (κ2) is 6.27. The lowest BCUT2D eigenvalue weighted by atomic mass is 9.67. The van der Waals surface area contributed by atoms with Gasteiger partial charge >= 0.3 is 0 Å². The van der Waals surface area contributed by atoms with Crippen LogP contribution in [0.25, 0.3) is 0 Å². The Morgan fingerprint density at radius 1 is 1.00 bits per heavy atom. The number of hydrogen-bond donors (Lipinski definition) is 2. The summed E-state index contributed by atoms with van der Waals surface area (Å²) in [5, 5.41) is 3.37. The third kappa shape index (κ3) is 3.03. The number of carbonyl (C=O) groups is 1. The van der Waals surface area contributed by atoms with Crippen molar-refractivity contribution in [3.05, 3.63) is 34.9 Å². The third-order valence-corrected chi connectivity index (χ3v) is 6.29. The van der Waals surface area contributed by atoms with Gasteiger partial charge in [-0.25, -0.2) is 0 Å². The van der Waals surface area contributed by atoms with E-state index in [2.05, 4.69) is 17.4 Å². The van der Waals surface area contributed by atoms with Crippen LogP contribution in [0.2, 0.25) is 0 Å². The van der Waals surface area contributed by atoms with E-state index in [9.17, 15) is 4.79 Å². The van der Waals surface area contributed by atoms with Crippen LogP contribution in [0.1, 0.15) is 66.4 Å². The average Bonchev–Trinajstić information content (AvgIpc) is 2.55. The smallest absolute Gasteiger partial charge is 0.251 e. The summed E-state index contributed by atoms with van der Waals surface area (Å²) in [5.74, 6) is 1.29. The van der Waals surface area contributed by atoms with Crippen LogP contribution in [-0.2, 0) is 12.8 Å². The van der Waals surface area contributed by atoms with Gasteiger partial charge in [0.25, 0.3) is 5.91 Å². The SMILES string of the molecule is NC1CC2CCCC(C1)C2NC(=O)c1ccc2c(c1)CCCC2. The summed E-state index contributed by atoms with van der Waals surface area (Å²) in [7, 11) is 0. The van der Waals surface area contributed by atoms with Gasteiger partial charge in [0.05, 0.1) is 0 Å². The van der Waals surface area contributed by atoms with Gasteiger partial charge in [-0.05, 0) is 86.5 Å². The number of nitrogens with two attached hydrogens (primary N) is 1. The van der Waals surface area contributed by atoms with E-state index in [1.54, 1.807) is 0 Å². The molecule has 0 spiro atoms. The normalized spacial score (nSPS) is 32.9. The molecule has 0 saturated heterocycles. The zero-order chi connectivity index (χ0) is 15.8. The molecule has 1 amide bonds. The van der Waals surface area contributed by atoms with Crippen LogP contribution in [-0.4, -0.2) is 18.0 Å². The molecule has 0 radical (unpaired) electrons. The molecule has 2 unspecified atom stereocenters. The van der Waals surface area contributed by atoms with E-state index in [0.29, 0.717) is 23.9 Å². The van der Waals surface area contributed by atoms with Crippen molar-refractivity contribution in [2.75, 3.05) is 0 Å². The van der Waals surface area contributed by atoms with Gasteiger partial charge in [-0.2, -0.15) is 0 Å². The van der Waals surface area contributed by atoms with Gasteiger partial charge in [-0.15, -0.1) is 0 Å². The van der Waals surface area contributed by atoms with Crippen molar-refractivity contribution in [3.63, 3.8) is 0 Å². The summed E-state index contributed by atoms with van der Waals surface area (Å²) < 4.78 is 0. The molecule has 124 valence electrons. The number of aryl methyl sites for hydroxylation is 2. The number of carbonyl (C=O) groups excluding carboxylic acids is 1. The highest BCUT2D eigenvalue weighted by atomic mass is 16.1. The molecular weight excluding hydrogens is 284 g/mol. The highest BCUT2D eigenvalue weighted by Crippen LogP contribution is 2.39. The lowest BCUT2D eigenvalue weighted by Crippen LogP contribution is -2.53. The maximum absolute atomic E-state index is 12.8. The van der Waals surface area contributed by atoms with Crippen LogP contribution < -0.4 is 11.1 Å². The Kier molecular flexibility index (Phi) is 4.14. The molecule has 1 aromatic carbocycles. The van der Waals surface area contributed by atoms with Gasteiger partial charge in [0.15, 0.2) is 0 Å². The first-order valence-corrected chi connectivity index (χ1v) is 9.39. The molecule has 3 aliphatic carbocycles. The molecule has 2 bridgehead atoms. The third-order valence-electron chi connectivity index (χ3n) is 6.29. The monoisotopic (exact) mass is 312 g/mol. The molecule has 1 aromatic rings. The Balaban J connectivity index is 1.49. The maximum Gasteiger partial charge on any atom is 0.251 e. The highest BCUT2D eigenvalue weighted by molar-refractivity contribution is 5.94. The summed E-state index contributed by atoms with van der Waals surface area (Å²) in [5.41, 5.74) is 9.86. The topological polar surface area (TPSA) is 55.1 Å². The molecule has 2 atom stereocenters. The fraction of sp³-hybridized carbons (Fsp3) is 0.650. The molecule has 4 rings (SSSR count). The van der Waals surface area contributed by atoms with Crippen LogP contribution in [0.15, 0.2) is 18.2 Å². The van der Waals surface area contributed by atoms with Crippen molar-refractivity contribution in [1.82, 2.24) is 5.32 Å². The number of fused-ring (bicyclic) bond motifs is 3. The fourth-order valence-corrected chi connectivity index (χ4v) is 5.13. The van der Waals surface area contributed by atoms with E-state index in [4.69, 9.17) is 5.73 Å². The second-order valence-corrected chi connectivity index (χ2v) is 7.87. The largest absolute Gasteiger partial charge is 0.349 e. The summed E-state index contributed by atoms with van der Waals surface area (Å²) in [4.78, 5) is 12.8. The molecule has 3 nitrogen and oxygen atoms in total. The average molecular weight is 312 g/mol. The summed E-state index contributed by atoms with van der Waals surface area (Å²) in [6.45, 7) is 0. The number of hydrogen-bond acceptors (Lipinski definition) is 2. The van der Waals surface area contributed by atoms with Crippen molar-refractivity contribution >= 4 is 5.91 Å². The molecule has 2 fully saturated rings. The van der Waals surface area contributed by atoms with Crippen molar-refractivity contribution in [2.45, 2.75) is 69.9 Å². The first-order chi connectivity index (χ1) is 11.2. The molecule has 23 heavy (non-hydrogen) atoms.